The van der Waals surface area contributed by atoms with E-state index >= 15 is 0 Å². The summed E-state index contributed by atoms with van der Waals surface area (Å²) in [6.45, 7) is 1.31. The summed E-state index contributed by atoms with van der Waals surface area (Å²) in [7, 11) is 1.58. The van der Waals surface area contributed by atoms with E-state index in [9.17, 15) is 14.0 Å². The first-order chi connectivity index (χ1) is 12.8. The highest BCUT2D eigenvalue weighted by molar-refractivity contribution is 14.1. The molecule has 27 heavy (non-hydrogen) atoms. The molecule has 1 unspecified atom stereocenters. The van der Waals surface area contributed by atoms with Gasteiger partial charge in [-0.05, 0) is 53.3 Å². The van der Waals surface area contributed by atoms with Crippen LogP contribution in [0.25, 0.3) is 0 Å². The van der Waals surface area contributed by atoms with Crippen LogP contribution >= 0.6 is 22.6 Å². The summed E-state index contributed by atoms with van der Waals surface area (Å²) >= 11 is 2.01. The zero-order valence-corrected chi connectivity index (χ0v) is 17.0. The predicted molar refractivity (Wildman–Crippen MR) is 106 cm³/mol. The van der Waals surface area contributed by atoms with Gasteiger partial charge in [0.25, 0.3) is 11.5 Å². The van der Waals surface area contributed by atoms with Crippen LogP contribution in [0.2, 0.25) is 0 Å². The molecule has 2 aromatic rings. The van der Waals surface area contributed by atoms with E-state index in [1.54, 1.807) is 26.1 Å². The summed E-state index contributed by atoms with van der Waals surface area (Å²) < 4.78 is 16.4. The van der Waals surface area contributed by atoms with Gasteiger partial charge in [-0.1, -0.05) is 0 Å². The highest BCUT2D eigenvalue weighted by Crippen LogP contribution is 2.27. The molecule has 1 aliphatic heterocycles. The Morgan fingerprint density at radius 2 is 2.15 bits per heavy atom. The number of carbonyl (C=O) groups excluding carboxylic acids is 1. The van der Waals surface area contributed by atoms with Crippen LogP contribution < -0.4 is 10.9 Å². The molecule has 2 heterocycles. The minimum absolute atomic E-state index is 0.0842. The lowest BCUT2D eigenvalue weighted by Crippen LogP contribution is -2.51. The van der Waals surface area contributed by atoms with Crippen LogP contribution in [0.5, 0.6) is 0 Å². The molecule has 144 valence electrons. The van der Waals surface area contributed by atoms with E-state index in [-0.39, 0.29) is 30.9 Å². The lowest BCUT2D eigenvalue weighted by molar-refractivity contribution is -0.152. The van der Waals surface area contributed by atoms with Gasteiger partial charge >= 0.3 is 0 Å². The second-order valence-electron chi connectivity index (χ2n) is 6.24. The number of aliphatic hydroxyl groups is 1. The number of halogens is 2. The normalized spacial score (nSPS) is 16.4. The van der Waals surface area contributed by atoms with Gasteiger partial charge in [0.1, 0.15) is 12.0 Å². The molecule has 0 spiro atoms. The first-order valence-corrected chi connectivity index (χ1v) is 9.39. The lowest BCUT2D eigenvalue weighted by atomic mass is 9.95. The quantitative estimate of drug-likeness (QED) is 0.629. The number of rotatable bonds is 5. The fraction of sp³-hybridized carbons (Fsp3) is 0.333. The molecule has 1 aliphatic rings. The molecule has 0 saturated heterocycles. The van der Waals surface area contributed by atoms with E-state index in [1.807, 2.05) is 22.6 Å². The average Bonchev–Trinajstić information content (AvgIpc) is 2.63. The maximum absolute atomic E-state index is 14.3. The summed E-state index contributed by atoms with van der Waals surface area (Å²) in [6.07, 6.45) is 1.01. The van der Waals surface area contributed by atoms with Crippen molar-refractivity contribution in [3.63, 3.8) is 0 Å². The summed E-state index contributed by atoms with van der Waals surface area (Å²) in [5.74, 6) is -0.908. The topological polar surface area (TPSA) is 83.8 Å². The van der Waals surface area contributed by atoms with Crippen molar-refractivity contribution in [1.82, 2.24) is 9.63 Å². The van der Waals surface area contributed by atoms with Gasteiger partial charge in [0.05, 0.1) is 24.5 Å². The van der Waals surface area contributed by atoms with Gasteiger partial charge in [-0.2, -0.15) is 5.06 Å². The Hall–Kier alpha value is -1.98. The number of pyridine rings is 1. The van der Waals surface area contributed by atoms with Gasteiger partial charge in [-0.15, -0.1) is 0 Å². The van der Waals surface area contributed by atoms with Crippen molar-refractivity contribution in [3.8, 4) is 0 Å². The molecule has 1 amide bonds. The van der Waals surface area contributed by atoms with Crippen molar-refractivity contribution >= 4 is 34.2 Å². The van der Waals surface area contributed by atoms with E-state index in [1.165, 1.54) is 16.8 Å². The third-order valence-electron chi connectivity index (χ3n) is 4.43. The van der Waals surface area contributed by atoms with E-state index in [4.69, 9.17) is 9.94 Å². The zero-order chi connectivity index (χ0) is 19.7. The number of nitrogens with zero attached hydrogens (tertiary/aromatic N) is 2. The number of aliphatic hydroxyl groups excluding tert-OH is 1. The summed E-state index contributed by atoms with van der Waals surface area (Å²) in [6, 6.07) is 4.70. The predicted octanol–water partition coefficient (Wildman–Crippen LogP) is 1.80. The summed E-state index contributed by atoms with van der Waals surface area (Å²) in [5.41, 5.74) is 1.46. The van der Waals surface area contributed by atoms with Crippen LogP contribution in [-0.2, 0) is 18.3 Å². The summed E-state index contributed by atoms with van der Waals surface area (Å²) in [5, 5.41) is 13.1. The van der Waals surface area contributed by atoms with Gasteiger partial charge in [0.15, 0.2) is 0 Å². The van der Waals surface area contributed by atoms with Gasteiger partial charge in [0.2, 0.25) is 0 Å². The monoisotopic (exact) mass is 487 g/mol. The highest BCUT2D eigenvalue weighted by Gasteiger charge is 2.36. The van der Waals surface area contributed by atoms with Crippen LogP contribution in [0.15, 0.2) is 29.2 Å². The zero-order valence-electron chi connectivity index (χ0n) is 14.8. The molecule has 0 saturated carbocycles. The molecule has 9 heteroatoms. The Bertz CT molecular complexity index is 947. The molecule has 2 N–H and O–H groups in total. The van der Waals surface area contributed by atoms with E-state index in [0.717, 1.165) is 8.63 Å². The standard InChI is InChI=1S/C18H19FIN3O4/c1-10-12-8-16(21-15-4-3-11(20)7-14(15)19)23(27-6-5-24)18(26)13(12)9-22(2)17(10)25/h3-4,7,9,16,21,24H,5-6,8H2,1-2H3. The second-order valence-corrected chi connectivity index (χ2v) is 7.48. The van der Waals surface area contributed by atoms with Crippen LogP contribution in [0.3, 0.4) is 0 Å². The third-order valence-corrected chi connectivity index (χ3v) is 5.10. The van der Waals surface area contributed by atoms with Crippen molar-refractivity contribution in [2.45, 2.75) is 19.5 Å². The molecule has 1 atom stereocenters. The smallest absolute Gasteiger partial charge is 0.281 e. The third kappa shape index (κ3) is 3.85. The Labute approximate surface area is 168 Å². The number of aromatic nitrogens is 1. The Morgan fingerprint density at radius 3 is 2.81 bits per heavy atom. The highest BCUT2D eigenvalue weighted by atomic mass is 127. The average molecular weight is 487 g/mol. The van der Waals surface area contributed by atoms with Crippen LogP contribution in [0, 0.1) is 16.3 Å². The number of hydroxylamine groups is 2. The number of nitrogens with one attached hydrogen (secondary N) is 1. The molecule has 1 aromatic heterocycles. The van der Waals surface area contributed by atoms with Crippen molar-refractivity contribution in [1.29, 1.82) is 0 Å². The molecular weight excluding hydrogens is 468 g/mol. The Kier molecular flexibility index (Phi) is 5.82. The minimum atomic E-state index is -0.725. The van der Waals surface area contributed by atoms with Crippen LogP contribution in [0.4, 0.5) is 10.1 Å². The molecule has 0 radical (unpaired) electrons. The van der Waals surface area contributed by atoms with Gasteiger partial charge in [-0.25, -0.2) is 4.39 Å². The number of fused-ring (bicyclic) bond motifs is 1. The number of hydrogen-bond acceptors (Lipinski definition) is 5. The van der Waals surface area contributed by atoms with E-state index in [0.29, 0.717) is 16.7 Å². The first-order valence-electron chi connectivity index (χ1n) is 8.31. The molecule has 0 fully saturated rings. The molecular formula is C18H19FIN3O4. The number of anilines is 1. The number of aryl methyl sites for hydroxylation is 1. The first kappa shape index (κ1) is 19.8. The maximum Gasteiger partial charge on any atom is 0.281 e. The Balaban J connectivity index is 2.02. The van der Waals surface area contributed by atoms with Crippen molar-refractivity contribution in [3.05, 3.63) is 60.8 Å². The van der Waals surface area contributed by atoms with Gasteiger partial charge in [-0.3, -0.25) is 14.4 Å². The largest absolute Gasteiger partial charge is 0.394 e. The van der Waals surface area contributed by atoms with Gasteiger partial charge in [0, 0.05) is 28.8 Å². The minimum Gasteiger partial charge on any atom is -0.394 e. The lowest BCUT2D eigenvalue weighted by Gasteiger charge is -2.36. The molecule has 1 aromatic carbocycles. The fourth-order valence-electron chi connectivity index (χ4n) is 3.09. The van der Waals surface area contributed by atoms with Crippen molar-refractivity contribution in [2.24, 2.45) is 7.05 Å². The SMILES string of the molecule is Cc1c2c(cn(C)c1=O)C(=O)N(OCCO)C(Nc1ccc(I)cc1F)C2. The number of carbonyl (C=O) groups is 1. The van der Waals surface area contributed by atoms with Crippen LogP contribution in [0.1, 0.15) is 21.5 Å². The second kappa shape index (κ2) is 7.95. The number of benzene rings is 1. The molecule has 0 bridgehead atoms. The molecule has 0 aliphatic carbocycles. The fourth-order valence-corrected chi connectivity index (χ4v) is 3.55. The van der Waals surface area contributed by atoms with Crippen molar-refractivity contribution < 1.29 is 19.1 Å². The number of hydrogen-bond donors (Lipinski definition) is 2. The number of amides is 1. The van der Waals surface area contributed by atoms with Crippen molar-refractivity contribution in [2.75, 3.05) is 18.5 Å². The Morgan fingerprint density at radius 1 is 1.41 bits per heavy atom. The van der Waals surface area contributed by atoms with Gasteiger partial charge < -0.3 is 15.0 Å². The molecule has 7 nitrogen and oxygen atoms in total. The van der Waals surface area contributed by atoms with E-state index < -0.39 is 17.9 Å². The molecule has 3 rings (SSSR count). The summed E-state index contributed by atoms with van der Waals surface area (Å²) in [4.78, 5) is 30.6. The van der Waals surface area contributed by atoms with E-state index in [2.05, 4.69) is 5.32 Å². The maximum atomic E-state index is 14.3. The van der Waals surface area contributed by atoms with Crippen LogP contribution in [-0.4, -0.2) is 40.0 Å².